The number of carbonyl (C=O) groups excluding carboxylic acids is 3. The summed E-state index contributed by atoms with van der Waals surface area (Å²) in [6, 6.07) is 7.82. The van der Waals surface area contributed by atoms with Gasteiger partial charge in [0.2, 0.25) is 11.8 Å². The largest absolute Gasteiger partial charge is 0.375 e. The van der Waals surface area contributed by atoms with E-state index in [-0.39, 0.29) is 30.9 Å². The second-order valence-electron chi connectivity index (χ2n) is 8.46. The van der Waals surface area contributed by atoms with Crippen molar-refractivity contribution in [2.45, 2.75) is 57.9 Å². The fourth-order valence-corrected chi connectivity index (χ4v) is 4.40. The molecule has 0 unspecified atom stereocenters. The van der Waals surface area contributed by atoms with Crippen LogP contribution in [0.2, 0.25) is 0 Å². The van der Waals surface area contributed by atoms with E-state index in [0.717, 1.165) is 56.2 Å². The van der Waals surface area contributed by atoms with E-state index in [1.807, 2.05) is 34.1 Å². The van der Waals surface area contributed by atoms with Crippen molar-refractivity contribution in [3.05, 3.63) is 29.8 Å². The van der Waals surface area contributed by atoms with E-state index in [4.69, 9.17) is 4.74 Å². The second kappa shape index (κ2) is 11.8. The lowest BCUT2D eigenvalue weighted by molar-refractivity contribution is -0.138. The van der Waals surface area contributed by atoms with Crippen molar-refractivity contribution in [2.24, 2.45) is 0 Å². The molecule has 2 heterocycles. The van der Waals surface area contributed by atoms with Gasteiger partial charge in [-0.15, -0.1) is 0 Å². The van der Waals surface area contributed by atoms with Gasteiger partial charge in [-0.1, -0.05) is 43.9 Å². The number of hydrogen-bond acceptors (Lipinski definition) is 4. The lowest BCUT2D eigenvalue weighted by Gasteiger charge is -2.29. The van der Waals surface area contributed by atoms with Crippen LogP contribution in [0.5, 0.6) is 0 Å². The highest BCUT2D eigenvalue weighted by Crippen LogP contribution is 2.25. The fraction of sp³-hybridized carbons (Fsp3) is 0.625. The minimum absolute atomic E-state index is 0.0188. The predicted molar refractivity (Wildman–Crippen MR) is 120 cm³/mol. The Morgan fingerprint density at radius 1 is 0.903 bits per heavy atom. The van der Waals surface area contributed by atoms with Gasteiger partial charge in [0.1, 0.15) is 6.61 Å². The Balaban J connectivity index is 1.84. The van der Waals surface area contributed by atoms with Crippen LogP contribution in [0.4, 0.5) is 5.69 Å². The molecular formula is C24H35N3O4. The highest BCUT2D eigenvalue weighted by molar-refractivity contribution is 5.95. The number of nitrogens with zero attached hydrogens (tertiary/aromatic N) is 3. The Morgan fingerprint density at radius 3 is 2.32 bits per heavy atom. The van der Waals surface area contributed by atoms with Crippen molar-refractivity contribution in [3.8, 4) is 0 Å². The summed E-state index contributed by atoms with van der Waals surface area (Å²) in [5.41, 5.74) is 1.80. The minimum Gasteiger partial charge on any atom is -0.375 e. The van der Waals surface area contributed by atoms with Crippen LogP contribution in [-0.2, 0) is 25.7 Å². The SMILES string of the molecule is COCC(=O)N1CCCCCCCCN(C(=O)CN2CCCC2=O)Cc2ccccc21. The van der Waals surface area contributed by atoms with Crippen molar-refractivity contribution in [3.63, 3.8) is 0 Å². The van der Waals surface area contributed by atoms with E-state index < -0.39 is 0 Å². The highest BCUT2D eigenvalue weighted by atomic mass is 16.5. The first-order chi connectivity index (χ1) is 15.1. The summed E-state index contributed by atoms with van der Waals surface area (Å²) in [6.45, 7) is 2.60. The molecule has 2 aliphatic rings. The lowest BCUT2D eigenvalue weighted by atomic mass is 10.1. The fourth-order valence-electron chi connectivity index (χ4n) is 4.40. The topological polar surface area (TPSA) is 70.2 Å². The van der Waals surface area contributed by atoms with E-state index in [2.05, 4.69) is 0 Å². The molecule has 0 radical (unpaired) electrons. The summed E-state index contributed by atoms with van der Waals surface area (Å²) >= 11 is 0. The van der Waals surface area contributed by atoms with Gasteiger partial charge < -0.3 is 19.4 Å². The Bertz CT molecular complexity index is 767. The average Bonchev–Trinajstić information content (AvgIpc) is 3.16. The van der Waals surface area contributed by atoms with Gasteiger partial charge in [-0.25, -0.2) is 0 Å². The molecule has 170 valence electrons. The van der Waals surface area contributed by atoms with Gasteiger partial charge in [0.05, 0.1) is 6.54 Å². The van der Waals surface area contributed by atoms with Gasteiger partial charge >= 0.3 is 0 Å². The maximum atomic E-state index is 13.1. The van der Waals surface area contributed by atoms with Crippen LogP contribution in [0.1, 0.15) is 56.9 Å². The molecular weight excluding hydrogens is 394 g/mol. The zero-order valence-electron chi connectivity index (χ0n) is 18.7. The molecule has 1 aromatic rings. The first-order valence-electron chi connectivity index (χ1n) is 11.5. The van der Waals surface area contributed by atoms with E-state index in [1.165, 1.54) is 7.11 Å². The number of methoxy groups -OCH3 is 1. The van der Waals surface area contributed by atoms with E-state index in [0.29, 0.717) is 32.6 Å². The second-order valence-corrected chi connectivity index (χ2v) is 8.46. The quantitative estimate of drug-likeness (QED) is 0.738. The molecule has 2 aliphatic heterocycles. The van der Waals surface area contributed by atoms with Crippen molar-refractivity contribution in [1.82, 2.24) is 9.80 Å². The molecule has 0 aromatic heterocycles. The summed E-state index contributed by atoms with van der Waals surface area (Å²) in [6.07, 6.45) is 7.69. The number of carbonyl (C=O) groups is 3. The Morgan fingerprint density at radius 2 is 1.61 bits per heavy atom. The predicted octanol–water partition coefficient (Wildman–Crippen LogP) is 2.97. The zero-order chi connectivity index (χ0) is 22.1. The summed E-state index contributed by atoms with van der Waals surface area (Å²) in [4.78, 5) is 43.3. The monoisotopic (exact) mass is 429 g/mol. The van der Waals surface area contributed by atoms with E-state index in [9.17, 15) is 14.4 Å². The minimum atomic E-state index is -0.0645. The van der Waals surface area contributed by atoms with Crippen molar-refractivity contribution < 1.29 is 19.1 Å². The van der Waals surface area contributed by atoms with Crippen LogP contribution >= 0.6 is 0 Å². The molecule has 0 saturated carbocycles. The van der Waals surface area contributed by atoms with E-state index in [1.54, 1.807) is 4.90 Å². The number of para-hydroxylation sites is 1. The molecule has 7 nitrogen and oxygen atoms in total. The molecule has 31 heavy (non-hydrogen) atoms. The smallest absolute Gasteiger partial charge is 0.252 e. The number of hydrogen-bond donors (Lipinski definition) is 0. The van der Waals surface area contributed by atoms with Gasteiger partial charge in [-0.2, -0.15) is 0 Å². The zero-order valence-corrected chi connectivity index (χ0v) is 18.7. The highest BCUT2D eigenvalue weighted by Gasteiger charge is 2.26. The summed E-state index contributed by atoms with van der Waals surface area (Å²) in [5.74, 6) is -0.0176. The normalized spacial score (nSPS) is 18.7. The molecule has 7 heteroatoms. The molecule has 0 N–H and O–H groups in total. The van der Waals surface area contributed by atoms with Gasteiger partial charge in [0.25, 0.3) is 5.91 Å². The average molecular weight is 430 g/mol. The van der Waals surface area contributed by atoms with Gasteiger partial charge in [-0.3, -0.25) is 14.4 Å². The molecule has 1 aromatic carbocycles. The molecule has 1 fully saturated rings. The number of anilines is 1. The summed E-state index contributed by atoms with van der Waals surface area (Å²) < 4.78 is 5.12. The maximum absolute atomic E-state index is 13.1. The van der Waals surface area contributed by atoms with Crippen LogP contribution in [0.3, 0.4) is 0 Å². The summed E-state index contributed by atoms with van der Waals surface area (Å²) in [7, 11) is 1.53. The first-order valence-corrected chi connectivity index (χ1v) is 11.5. The Labute approximate surface area is 185 Å². The third-order valence-corrected chi connectivity index (χ3v) is 6.12. The third kappa shape index (κ3) is 6.53. The van der Waals surface area contributed by atoms with Crippen molar-refractivity contribution in [2.75, 3.05) is 44.8 Å². The van der Waals surface area contributed by atoms with Crippen LogP contribution in [0.25, 0.3) is 0 Å². The van der Waals surface area contributed by atoms with Gasteiger partial charge in [0, 0.05) is 45.4 Å². The number of ether oxygens (including phenoxy) is 1. The van der Waals surface area contributed by atoms with Crippen LogP contribution in [0, 0.1) is 0 Å². The number of likely N-dealkylation sites (tertiary alicyclic amines) is 1. The van der Waals surface area contributed by atoms with Gasteiger partial charge in [-0.05, 0) is 30.9 Å². The number of rotatable bonds is 4. The lowest BCUT2D eigenvalue weighted by Crippen LogP contribution is -2.41. The van der Waals surface area contributed by atoms with E-state index >= 15 is 0 Å². The molecule has 0 spiro atoms. The van der Waals surface area contributed by atoms with Crippen molar-refractivity contribution in [1.29, 1.82) is 0 Å². The number of amides is 3. The Hall–Kier alpha value is -2.41. The molecule has 3 amide bonds. The van der Waals surface area contributed by atoms with Crippen LogP contribution < -0.4 is 4.90 Å². The number of fused-ring (bicyclic) bond motifs is 1. The van der Waals surface area contributed by atoms with Crippen LogP contribution in [-0.4, -0.2) is 67.4 Å². The molecule has 0 bridgehead atoms. The summed E-state index contributed by atoms with van der Waals surface area (Å²) in [5, 5.41) is 0. The maximum Gasteiger partial charge on any atom is 0.252 e. The third-order valence-electron chi connectivity index (χ3n) is 6.12. The molecule has 0 aliphatic carbocycles. The van der Waals surface area contributed by atoms with Crippen molar-refractivity contribution >= 4 is 23.4 Å². The standard InChI is InChI=1S/C24H35N3O4/c1-31-19-24(30)27-16-9-5-3-2-4-8-14-25(17-20-11-6-7-12-21(20)27)23(29)18-26-15-10-13-22(26)28/h6-7,11-12H,2-5,8-10,13-19H2,1H3. The van der Waals surface area contributed by atoms with Gasteiger partial charge in [0.15, 0.2) is 0 Å². The first kappa shape index (κ1) is 23.3. The molecule has 1 saturated heterocycles. The number of benzene rings is 1. The Kier molecular flexibility index (Phi) is 8.88. The van der Waals surface area contributed by atoms with Crippen LogP contribution in [0.15, 0.2) is 24.3 Å². The molecule has 3 rings (SSSR count). The molecule has 0 atom stereocenters.